The minimum atomic E-state index is -1.22. The Labute approximate surface area is 106 Å². The van der Waals surface area contributed by atoms with Crippen LogP contribution >= 0.6 is 0 Å². The lowest BCUT2D eigenvalue weighted by Gasteiger charge is -2.23. The molecule has 5 nitrogen and oxygen atoms in total. The van der Waals surface area contributed by atoms with E-state index in [4.69, 9.17) is 5.11 Å². The summed E-state index contributed by atoms with van der Waals surface area (Å²) in [7, 11) is -0.773. The number of carboxylic acids is 1. The average molecular weight is 272 g/mol. The molecule has 18 heavy (non-hydrogen) atoms. The molecule has 0 radical (unpaired) electrons. The third-order valence-electron chi connectivity index (χ3n) is 2.81. The summed E-state index contributed by atoms with van der Waals surface area (Å²) in [4.78, 5) is 14.7. The van der Waals surface area contributed by atoms with Crippen molar-refractivity contribution in [1.29, 1.82) is 0 Å². The molecule has 1 aliphatic rings. The first-order chi connectivity index (χ1) is 8.56. The number of rotatable bonds is 3. The van der Waals surface area contributed by atoms with Crippen LogP contribution in [-0.4, -0.2) is 37.8 Å². The number of halogens is 1. The van der Waals surface area contributed by atoms with Crippen molar-refractivity contribution in [3.05, 3.63) is 23.6 Å². The van der Waals surface area contributed by atoms with Gasteiger partial charge < -0.3 is 10.4 Å². The van der Waals surface area contributed by atoms with Crippen molar-refractivity contribution < 1.29 is 18.5 Å². The fourth-order valence-electron chi connectivity index (χ4n) is 1.85. The fourth-order valence-corrected chi connectivity index (χ4v) is 3.15. The lowest BCUT2D eigenvalue weighted by Crippen LogP contribution is -2.30. The molecule has 1 saturated heterocycles. The fraction of sp³-hybridized carbons (Fsp3) is 0.455. The van der Waals surface area contributed by atoms with Gasteiger partial charge in [-0.2, -0.15) is 0 Å². The number of aromatic carboxylic acids is 1. The van der Waals surface area contributed by atoms with Crippen LogP contribution in [0.25, 0.3) is 0 Å². The number of anilines is 1. The summed E-state index contributed by atoms with van der Waals surface area (Å²) in [5.41, 5.74) is -0.179. The number of carboxylic acid groups (broad SMARTS) is 1. The molecule has 1 aliphatic heterocycles. The number of hydrogen-bond donors (Lipinski definition) is 2. The maximum absolute atomic E-state index is 12.9. The van der Waals surface area contributed by atoms with Gasteiger partial charge in [-0.3, -0.25) is 4.21 Å². The van der Waals surface area contributed by atoms with Gasteiger partial charge in [0.2, 0.25) is 0 Å². The van der Waals surface area contributed by atoms with E-state index in [2.05, 4.69) is 10.3 Å². The molecule has 0 bridgehead atoms. The molecule has 0 atom stereocenters. The van der Waals surface area contributed by atoms with Gasteiger partial charge in [-0.15, -0.1) is 0 Å². The van der Waals surface area contributed by atoms with E-state index in [1.165, 1.54) is 0 Å². The predicted octanol–water partition coefficient (Wildman–Crippen LogP) is 1.24. The highest BCUT2D eigenvalue weighted by Crippen LogP contribution is 2.19. The predicted molar refractivity (Wildman–Crippen MR) is 65.7 cm³/mol. The highest BCUT2D eigenvalue weighted by atomic mass is 32.2. The summed E-state index contributed by atoms with van der Waals surface area (Å²) >= 11 is 0. The lowest BCUT2D eigenvalue weighted by molar-refractivity contribution is 0.0697. The average Bonchev–Trinajstić information content (AvgIpc) is 2.34. The van der Waals surface area contributed by atoms with E-state index in [1.54, 1.807) is 0 Å². The quantitative estimate of drug-likeness (QED) is 0.865. The zero-order valence-electron chi connectivity index (χ0n) is 9.56. The Hall–Kier alpha value is -1.50. The molecule has 0 aromatic carbocycles. The minimum Gasteiger partial charge on any atom is -0.478 e. The van der Waals surface area contributed by atoms with E-state index in [0.717, 1.165) is 12.3 Å². The van der Waals surface area contributed by atoms with E-state index in [0.29, 0.717) is 24.3 Å². The van der Waals surface area contributed by atoms with Crippen LogP contribution in [0.2, 0.25) is 0 Å². The van der Waals surface area contributed by atoms with Gasteiger partial charge in [-0.1, -0.05) is 0 Å². The highest BCUT2D eigenvalue weighted by Gasteiger charge is 2.20. The smallest absolute Gasteiger partial charge is 0.339 e. The Morgan fingerprint density at radius 3 is 2.78 bits per heavy atom. The summed E-state index contributed by atoms with van der Waals surface area (Å²) in [6, 6.07) is 0.984. The van der Waals surface area contributed by atoms with Crippen LogP contribution in [0.4, 0.5) is 10.2 Å². The largest absolute Gasteiger partial charge is 0.478 e. The van der Waals surface area contributed by atoms with Crippen molar-refractivity contribution in [2.24, 2.45) is 0 Å². The SMILES string of the molecule is O=C(O)c1cc(F)cnc1NC1CCS(=O)CC1. The van der Waals surface area contributed by atoms with Gasteiger partial charge in [0, 0.05) is 28.3 Å². The van der Waals surface area contributed by atoms with Gasteiger partial charge in [0.05, 0.1) is 6.20 Å². The van der Waals surface area contributed by atoms with Crippen molar-refractivity contribution in [3.8, 4) is 0 Å². The van der Waals surface area contributed by atoms with E-state index in [-0.39, 0.29) is 17.4 Å². The number of pyridine rings is 1. The number of hydrogen-bond acceptors (Lipinski definition) is 4. The number of nitrogens with zero attached hydrogens (tertiary/aromatic N) is 1. The normalized spacial score (nSPS) is 23.6. The van der Waals surface area contributed by atoms with Crippen molar-refractivity contribution in [1.82, 2.24) is 4.98 Å². The van der Waals surface area contributed by atoms with Crippen LogP contribution < -0.4 is 5.32 Å². The van der Waals surface area contributed by atoms with Crippen LogP contribution in [-0.2, 0) is 10.8 Å². The molecule has 0 aliphatic carbocycles. The Bertz CT molecular complexity index is 485. The first-order valence-corrected chi connectivity index (χ1v) is 7.05. The summed E-state index contributed by atoms with van der Waals surface area (Å²) in [6.45, 7) is 0. The molecule has 1 fully saturated rings. The van der Waals surface area contributed by atoms with Crippen LogP contribution in [0.1, 0.15) is 23.2 Å². The van der Waals surface area contributed by atoms with Crippen LogP contribution in [0.5, 0.6) is 0 Å². The van der Waals surface area contributed by atoms with E-state index >= 15 is 0 Å². The Morgan fingerprint density at radius 2 is 2.17 bits per heavy atom. The molecule has 2 heterocycles. The Morgan fingerprint density at radius 1 is 1.50 bits per heavy atom. The third-order valence-corrected chi connectivity index (χ3v) is 4.20. The second kappa shape index (κ2) is 5.43. The first-order valence-electron chi connectivity index (χ1n) is 5.56. The zero-order valence-corrected chi connectivity index (χ0v) is 10.4. The van der Waals surface area contributed by atoms with Gasteiger partial charge in [-0.05, 0) is 18.9 Å². The van der Waals surface area contributed by atoms with Crippen LogP contribution in [0, 0.1) is 5.82 Å². The monoisotopic (exact) mass is 272 g/mol. The molecule has 0 spiro atoms. The van der Waals surface area contributed by atoms with Crippen LogP contribution in [0.3, 0.4) is 0 Å². The number of nitrogens with one attached hydrogen (secondary N) is 1. The lowest BCUT2D eigenvalue weighted by atomic mass is 10.1. The van der Waals surface area contributed by atoms with Gasteiger partial charge in [0.25, 0.3) is 0 Å². The minimum absolute atomic E-state index is 0.0405. The van der Waals surface area contributed by atoms with Gasteiger partial charge in [0.15, 0.2) is 0 Å². The second-order valence-corrected chi connectivity index (χ2v) is 5.82. The molecule has 0 amide bonds. The topological polar surface area (TPSA) is 79.3 Å². The molecule has 7 heteroatoms. The molecular weight excluding hydrogens is 259 g/mol. The van der Waals surface area contributed by atoms with Gasteiger partial charge in [-0.25, -0.2) is 14.2 Å². The van der Waals surface area contributed by atoms with Crippen molar-refractivity contribution in [2.45, 2.75) is 18.9 Å². The Kier molecular flexibility index (Phi) is 3.90. The molecule has 2 rings (SSSR count). The first kappa shape index (κ1) is 12.9. The standard InChI is InChI=1S/C11H13FN2O3S/c12-7-5-9(11(15)16)10(13-6-7)14-8-1-3-18(17)4-2-8/h5-6,8H,1-4H2,(H,13,14)(H,15,16). The zero-order chi connectivity index (χ0) is 13.1. The van der Waals surface area contributed by atoms with Crippen molar-refractivity contribution >= 4 is 22.6 Å². The summed E-state index contributed by atoms with van der Waals surface area (Å²) in [6.07, 6.45) is 2.38. The molecular formula is C11H13FN2O3S. The third kappa shape index (κ3) is 3.04. The molecule has 0 saturated carbocycles. The maximum Gasteiger partial charge on any atom is 0.339 e. The number of aromatic nitrogens is 1. The summed E-state index contributed by atoms with van der Waals surface area (Å²) in [5, 5.41) is 12.0. The molecule has 2 N–H and O–H groups in total. The molecule has 1 aromatic rings. The van der Waals surface area contributed by atoms with Gasteiger partial charge >= 0.3 is 5.97 Å². The molecule has 1 aromatic heterocycles. The second-order valence-electron chi connectivity index (χ2n) is 4.12. The number of carbonyl (C=O) groups is 1. The van der Waals surface area contributed by atoms with Crippen molar-refractivity contribution in [2.75, 3.05) is 16.8 Å². The molecule has 0 unspecified atom stereocenters. The van der Waals surface area contributed by atoms with E-state index < -0.39 is 22.6 Å². The van der Waals surface area contributed by atoms with Crippen LogP contribution in [0.15, 0.2) is 12.3 Å². The van der Waals surface area contributed by atoms with Crippen molar-refractivity contribution in [3.63, 3.8) is 0 Å². The Balaban J connectivity index is 2.13. The highest BCUT2D eigenvalue weighted by molar-refractivity contribution is 7.85. The van der Waals surface area contributed by atoms with Gasteiger partial charge in [0.1, 0.15) is 17.2 Å². The summed E-state index contributed by atoms with van der Waals surface area (Å²) < 4.78 is 24.1. The molecule has 98 valence electrons. The van der Waals surface area contributed by atoms with E-state index in [9.17, 15) is 13.4 Å². The summed E-state index contributed by atoms with van der Waals surface area (Å²) in [5.74, 6) is -0.532. The maximum atomic E-state index is 12.9. The van der Waals surface area contributed by atoms with E-state index in [1.807, 2.05) is 0 Å².